The summed E-state index contributed by atoms with van der Waals surface area (Å²) in [5.74, 6) is -3.54. The Morgan fingerprint density at radius 1 is 1.32 bits per heavy atom. The number of carboxylic acid groups (broad SMARTS) is 1. The third-order valence-electron chi connectivity index (χ3n) is 4.85. The SMILES string of the molecule is CN(C)C(=O)c1ccc(OCCCC(F)(F)C2CCN(C(=O)[O-])CC2)cc1Cl. The van der Waals surface area contributed by atoms with Crippen LogP contribution in [-0.4, -0.2) is 61.5 Å². The molecule has 1 fully saturated rings. The zero-order valence-electron chi connectivity index (χ0n) is 15.9. The maximum absolute atomic E-state index is 14.3. The Balaban J connectivity index is 1.80. The predicted octanol–water partition coefficient (Wildman–Crippen LogP) is 2.89. The van der Waals surface area contributed by atoms with E-state index < -0.39 is 17.9 Å². The largest absolute Gasteiger partial charge is 0.530 e. The normalized spacial score (nSPS) is 15.4. The van der Waals surface area contributed by atoms with Crippen LogP contribution in [0, 0.1) is 5.92 Å². The molecule has 0 aromatic heterocycles. The molecule has 0 radical (unpaired) electrons. The average Bonchev–Trinajstić information content (AvgIpc) is 2.65. The van der Waals surface area contributed by atoms with E-state index in [0.29, 0.717) is 11.3 Å². The number of piperidine rings is 1. The number of hydrogen-bond acceptors (Lipinski definition) is 4. The van der Waals surface area contributed by atoms with Gasteiger partial charge in [0.05, 0.1) is 17.2 Å². The van der Waals surface area contributed by atoms with Crippen LogP contribution in [0.1, 0.15) is 36.0 Å². The molecule has 28 heavy (non-hydrogen) atoms. The molecule has 0 saturated carbocycles. The number of nitrogens with zero attached hydrogens (tertiary/aromatic N) is 2. The van der Waals surface area contributed by atoms with Crippen molar-refractivity contribution >= 4 is 23.6 Å². The van der Waals surface area contributed by atoms with Crippen LogP contribution in [0.3, 0.4) is 0 Å². The van der Waals surface area contributed by atoms with Gasteiger partial charge >= 0.3 is 0 Å². The first kappa shape index (κ1) is 22.2. The second-order valence-corrected chi connectivity index (χ2v) is 7.49. The molecule has 6 nitrogen and oxygen atoms in total. The van der Waals surface area contributed by atoms with Gasteiger partial charge in [0.15, 0.2) is 0 Å². The summed E-state index contributed by atoms with van der Waals surface area (Å²) in [6, 6.07) is 4.61. The molecular weight excluding hydrogens is 394 g/mol. The van der Waals surface area contributed by atoms with E-state index in [2.05, 4.69) is 0 Å². The van der Waals surface area contributed by atoms with E-state index in [-0.39, 0.29) is 56.3 Å². The molecular formula is C19H24ClF2N2O4-. The molecule has 0 aliphatic carbocycles. The molecule has 1 aromatic carbocycles. The number of likely N-dealkylation sites (tertiary alicyclic amines) is 1. The summed E-state index contributed by atoms with van der Waals surface area (Å²) in [5, 5.41) is 11.0. The number of alkyl halides is 2. The third kappa shape index (κ3) is 5.70. The van der Waals surface area contributed by atoms with Crippen LogP contribution >= 0.6 is 11.6 Å². The van der Waals surface area contributed by atoms with E-state index >= 15 is 0 Å². The van der Waals surface area contributed by atoms with Crippen LogP contribution < -0.4 is 9.84 Å². The molecule has 0 bridgehead atoms. The highest BCUT2D eigenvalue weighted by molar-refractivity contribution is 6.34. The van der Waals surface area contributed by atoms with Crippen LogP contribution in [0.2, 0.25) is 5.02 Å². The lowest BCUT2D eigenvalue weighted by Crippen LogP contribution is -2.48. The molecule has 0 unspecified atom stereocenters. The summed E-state index contributed by atoms with van der Waals surface area (Å²) in [7, 11) is 3.23. The molecule has 156 valence electrons. The molecule has 9 heteroatoms. The van der Waals surface area contributed by atoms with E-state index in [1.54, 1.807) is 26.2 Å². The fourth-order valence-electron chi connectivity index (χ4n) is 3.19. The van der Waals surface area contributed by atoms with E-state index in [0.717, 1.165) is 4.90 Å². The van der Waals surface area contributed by atoms with E-state index in [1.807, 2.05) is 0 Å². The molecule has 1 aromatic rings. The van der Waals surface area contributed by atoms with Crippen LogP contribution in [0.4, 0.5) is 13.6 Å². The molecule has 1 heterocycles. The quantitative estimate of drug-likeness (QED) is 0.639. The average molecular weight is 418 g/mol. The summed E-state index contributed by atoms with van der Waals surface area (Å²) < 4.78 is 34.2. The zero-order chi connectivity index (χ0) is 20.9. The summed E-state index contributed by atoms with van der Waals surface area (Å²) in [5.41, 5.74) is 0.341. The first-order valence-electron chi connectivity index (χ1n) is 9.09. The van der Waals surface area contributed by atoms with Crippen LogP contribution in [0.25, 0.3) is 0 Å². The maximum atomic E-state index is 14.3. The van der Waals surface area contributed by atoms with Gasteiger partial charge in [-0.15, -0.1) is 0 Å². The number of rotatable bonds is 7. The summed E-state index contributed by atoms with van der Waals surface area (Å²) in [6.45, 7) is 0.246. The van der Waals surface area contributed by atoms with Crippen molar-refractivity contribution in [1.82, 2.24) is 9.80 Å². The Hall–Kier alpha value is -2.09. The van der Waals surface area contributed by atoms with Crippen molar-refractivity contribution < 1.29 is 28.2 Å². The number of ether oxygens (including phenoxy) is 1. The predicted molar refractivity (Wildman–Crippen MR) is 98.8 cm³/mol. The molecule has 1 aliphatic heterocycles. The molecule has 1 saturated heterocycles. The van der Waals surface area contributed by atoms with Crippen LogP contribution in [-0.2, 0) is 0 Å². The molecule has 0 N–H and O–H groups in total. The van der Waals surface area contributed by atoms with E-state index in [1.165, 1.54) is 11.0 Å². The first-order chi connectivity index (χ1) is 13.1. The lowest BCUT2D eigenvalue weighted by atomic mass is 9.88. The fourth-order valence-corrected chi connectivity index (χ4v) is 3.44. The monoisotopic (exact) mass is 417 g/mol. The Morgan fingerprint density at radius 2 is 1.96 bits per heavy atom. The van der Waals surface area contributed by atoms with Crippen molar-refractivity contribution in [2.45, 2.75) is 31.6 Å². The number of halogens is 3. The van der Waals surface area contributed by atoms with Crippen molar-refractivity contribution in [2.24, 2.45) is 5.92 Å². The lowest BCUT2D eigenvalue weighted by molar-refractivity contribution is -0.267. The number of amides is 2. The van der Waals surface area contributed by atoms with Gasteiger partial charge in [-0.25, -0.2) is 8.78 Å². The van der Waals surface area contributed by atoms with E-state index in [9.17, 15) is 23.5 Å². The second-order valence-electron chi connectivity index (χ2n) is 7.08. The molecule has 2 amide bonds. The molecule has 1 aliphatic rings. The number of benzene rings is 1. The van der Waals surface area contributed by atoms with Gasteiger partial charge < -0.3 is 24.4 Å². The van der Waals surface area contributed by atoms with Gasteiger partial charge in [-0.05, 0) is 37.5 Å². The Morgan fingerprint density at radius 3 is 2.50 bits per heavy atom. The zero-order valence-corrected chi connectivity index (χ0v) is 16.7. The highest BCUT2D eigenvalue weighted by Gasteiger charge is 2.40. The summed E-state index contributed by atoms with van der Waals surface area (Å²) in [4.78, 5) is 25.1. The Kier molecular flexibility index (Phi) is 7.46. The van der Waals surface area contributed by atoms with Crippen molar-refractivity contribution in [3.05, 3.63) is 28.8 Å². The Labute approximate surface area is 168 Å². The van der Waals surface area contributed by atoms with Gasteiger partial charge in [-0.1, -0.05) is 11.6 Å². The van der Waals surface area contributed by atoms with E-state index in [4.69, 9.17) is 16.3 Å². The number of hydrogen-bond donors (Lipinski definition) is 0. The minimum Gasteiger partial charge on any atom is -0.530 e. The molecule has 2 rings (SSSR count). The number of carbonyl (C=O) groups excluding carboxylic acids is 2. The lowest BCUT2D eigenvalue weighted by Gasteiger charge is -2.37. The Bertz CT molecular complexity index is 707. The first-order valence-corrected chi connectivity index (χ1v) is 9.47. The van der Waals surface area contributed by atoms with Crippen molar-refractivity contribution in [3.8, 4) is 5.75 Å². The number of carbonyl (C=O) groups is 2. The minimum atomic E-state index is -2.87. The van der Waals surface area contributed by atoms with Crippen molar-refractivity contribution in [1.29, 1.82) is 0 Å². The van der Waals surface area contributed by atoms with Gasteiger partial charge in [0.25, 0.3) is 11.8 Å². The van der Waals surface area contributed by atoms with Crippen LogP contribution in [0.15, 0.2) is 18.2 Å². The van der Waals surface area contributed by atoms with Crippen molar-refractivity contribution in [2.75, 3.05) is 33.8 Å². The summed E-state index contributed by atoms with van der Waals surface area (Å²) in [6.07, 6.45) is -1.26. The minimum absolute atomic E-state index is 0.0790. The highest BCUT2D eigenvalue weighted by Crippen LogP contribution is 2.36. The topological polar surface area (TPSA) is 72.9 Å². The second kappa shape index (κ2) is 9.41. The van der Waals surface area contributed by atoms with Gasteiger partial charge in [-0.3, -0.25) is 4.79 Å². The molecule has 0 spiro atoms. The van der Waals surface area contributed by atoms with Gasteiger partial charge in [0.1, 0.15) is 11.8 Å². The van der Waals surface area contributed by atoms with Gasteiger partial charge in [0.2, 0.25) is 0 Å². The maximum Gasteiger partial charge on any atom is 0.254 e. The van der Waals surface area contributed by atoms with Crippen LogP contribution in [0.5, 0.6) is 5.75 Å². The fraction of sp³-hybridized carbons (Fsp3) is 0.579. The van der Waals surface area contributed by atoms with Crippen molar-refractivity contribution in [3.63, 3.8) is 0 Å². The third-order valence-corrected chi connectivity index (χ3v) is 5.16. The standard InChI is InChI=1S/C19H25ClF2N2O4/c1-23(2)17(25)15-5-4-14(12-16(15)20)28-11-3-8-19(21,22)13-6-9-24(10-7-13)18(26)27/h4-5,12-13H,3,6-11H2,1-2H3,(H,26,27)/p-1. The smallest absolute Gasteiger partial charge is 0.254 e. The van der Waals surface area contributed by atoms with Gasteiger partial charge in [-0.2, -0.15) is 0 Å². The van der Waals surface area contributed by atoms with Gasteiger partial charge in [0, 0.05) is 39.5 Å². The summed E-state index contributed by atoms with van der Waals surface area (Å²) >= 11 is 6.09. The highest BCUT2D eigenvalue weighted by atomic mass is 35.5. The molecule has 0 atom stereocenters.